The number of nitrogens with zero attached hydrogens (tertiary/aromatic N) is 1. The third-order valence-electron chi connectivity index (χ3n) is 4.18. The van der Waals surface area contributed by atoms with Gasteiger partial charge >= 0.3 is 0 Å². The second-order valence-corrected chi connectivity index (χ2v) is 5.99. The molecule has 0 aliphatic carbocycles. The van der Waals surface area contributed by atoms with E-state index < -0.39 is 0 Å². The molecule has 2 unspecified atom stereocenters. The number of nitrogens with one attached hydrogen (secondary N) is 1. The van der Waals surface area contributed by atoms with Gasteiger partial charge in [0, 0.05) is 19.7 Å². The fourth-order valence-electron chi connectivity index (χ4n) is 2.87. The van der Waals surface area contributed by atoms with Gasteiger partial charge in [-0.15, -0.1) is 0 Å². The van der Waals surface area contributed by atoms with Gasteiger partial charge in [0.2, 0.25) is 0 Å². The molecule has 0 radical (unpaired) electrons. The largest absolute Gasteiger partial charge is 0.468 e. The molecule has 1 aromatic heterocycles. The molecule has 0 saturated carbocycles. The van der Waals surface area contributed by atoms with Crippen molar-refractivity contribution in [2.24, 2.45) is 5.92 Å². The molecule has 1 saturated heterocycles. The lowest BCUT2D eigenvalue weighted by Gasteiger charge is -2.29. The van der Waals surface area contributed by atoms with Crippen molar-refractivity contribution in [1.29, 1.82) is 0 Å². The van der Waals surface area contributed by atoms with Crippen LogP contribution in [0.3, 0.4) is 0 Å². The van der Waals surface area contributed by atoms with Gasteiger partial charge in [-0.05, 0) is 44.0 Å². The fourth-order valence-corrected chi connectivity index (χ4v) is 2.87. The van der Waals surface area contributed by atoms with Crippen LogP contribution in [0, 0.1) is 5.92 Å². The third kappa shape index (κ3) is 4.08. The molecule has 2 rings (SSSR count). The van der Waals surface area contributed by atoms with Crippen LogP contribution in [-0.4, -0.2) is 44.3 Å². The van der Waals surface area contributed by atoms with E-state index in [1.54, 1.807) is 13.4 Å². The van der Waals surface area contributed by atoms with Crippen LogP contribution in [0.15, 0.2) is 22.8 Å². The number of hydrogen-bond donors (Lipinski definition) is 1. The van der Waals surface area contributed by atoms with E-state index in [-0.39, 0.29) is 0 Å². The first-order chi connectivity index (χ1) is 9.72. The van der Waals surface area contributed by atoms with Gasteiger partial charge in [0.15, 0.2) is 0 Å². The third-order valence-corrected chi connectivity index (χ3v) is 4.18. The van der Waals surface area contributed by atoms with Gasteiger partial charge in [0.25, 0.3) is 0 Å². The van der Waals surface area contributed by atoms with Gasteiger partial charge in [0.05, 0.1) is 18.9 Å². The summed E-state index contributed by atoms with van der Waals surface area (Å²) < 4.78 is 11.0. The molecule has 0 amide bonds. The van der Waals surface area contributed by atoms with Crippen molar-refractivity contribution in [2.75, 3.05) is 33.4 Å². The molecule has 1 fully saturated rings. The Kier molecular flexibility index (Phi) is 6.07. The molecule has 114 valence electrons. The van der Waals surface area contributed by atoms with E-state index in [4.69, 9.17) is 9.15 Å². The summed E-state index contributed by atoms with van der Waals surface area (Å²) in [4.78, 5) is 2.52. The number of methoxy groups -OCH3 is 1. The number of ether oxygens (including phenoxy) is 1. The number of hydrogen-bond acceptors (Lipinski definition) is 4. The molecule has 20 heavy (non-hydrogen) atoms. The maximum atomic E-state index is 5.65. The summed E-state index contributed by atoms with van der Waals surface area (Å²) in [5.74, 6) is 1.63. The lowest BCUT2D eigenvalue weighted by molar-refractivity contribution is 0.134. The first-order valence-electron chi connectivity index (χ1n) is 7.72. The van der Waals surface area contributed by atoms with Crippen molar-refractivity contribution in [2.45, 2.75) is 38.8 Å². The Hall–Kier alpha value is -0.840. The molecule has 0 bridgehead atoms. The normalized spacial score (nSPS) is 19.6. The van der Waals surface area contributed by atoms with Crippen LogP contribution in [0.4, 0.5) is 0 Å². The van der Waals surface area contributed by atoms with Crippen LogP contribution in [0.2, 0.25) is 0 Å². The molecule has 2 heterocycles. The fraction of sp³-hybridized carbons (Fsp3) is 0.750. The lowest BCUT2D eigenvalue weighted by Crippen LogP contribution is -2.43. The Morgan fingerprint density at radius 3 is 2.65 bits per heavy atom. The second-order valence-electron chi connectivity index (χ2n) is 5.99. The van der Waals surface area contributed by atoms with Gasteiger partial charge in [-0.3, -0.25) is 4.90 Å². The average Bonchev–Trinajstić information content (AvgIpc) is 3.11. The summed E-state index contributed by atoms with van der Waals surface area (Å²) >= 11 is 0. The summed E-state index contributed by atoms with van der Waals surface area (Å²) in [6.07, 6.45) is 4.36. The minimum absolute atomic E-state index is 0.339. The predicted octanol–water partition coefficient (Wildman–Crippen LogP) is 2.68. The van der Waals surface area contributed by atoms with E-state index in [0.717, 1.165) is 18.9 Å². The number of likely N-dealkylation sites (tertiary alicyclic amines) is 1. The van der Waals surface area contributed by atoms with Gasteiger partial charge in [-0.2, -0.15) is 0 Å². The smallest absolute Gasteiger partial charge is 0.122 e. The van der Waals surface area contributed by atoms with E-state index in [1.807, 2.05) is 6.07 Å². The summed E-state index contributed by atoms with van der Waals surface area (Å²) in [7, 11) is 1.77. The zero-order valence-corrected chi connectivity index (χ0v) is 13.0. The van der Waals surface area contributed by atoms with Crippen molar-refractivity contribution in [1.82, 2.24) is 10.2 Å². The van der Waals surface area contributed by atoms with Crippen molar-refractivity contribution >= 4 is 0 Å². The molecule has 1 aliphatic heterocycles. The van der Waals surface area contributed by atoms with Crippen molar-refractivity contribution in [3.05, 3.63) is 24.2 Å². The average molecular weight is 280 g/mol. The van der Waals surface area contributed by atoms with Crippen LogP contribution in [0.1, 0.15) is 38.5 Å². The number of furan rings is 1. The molecule has 4 nitrogen and oxygen atoms in total. The SMILES string of the molecule is COCC(NCC(c1ccco1)N1CCCC1)C(C)C. The first kappa shape index (κ1) is 15.5. The molecular weight excluding hydrogens is 252 g/mol. The highest BCUT2D eigenvalue weighted by Gasteiger charge is 2.26. The van der Waals surface area contributed by atoms with Gasteiger partial charge in [-0.1, -0.05) is 13.8 Å². The van der Waals surface area contributed by atoms with E-state index in [0.29, 0.717) is 18.0 Å². The van der Waals surface area contributed by atoms with Crippen molar-refractivity contribution in [3.8, 4) is 0 Å². The highest BCUT2D eigenvalue weighted by Crippen LogP contribution is 2.25. The first-order valence-corrected chi connectivity index (χ1v) is 7.72. The zero-order chi connectivity index (χ0) is 14.4. The van der Waals surface area contributed by atoms with Crippen LogP contribution in [-0.2, 0) is 4.74 Å². The maximum Gasteiger partial charge on any atom is 0.122 e. The van der Waals surface area contributed by atoms with Crippen LogP contribution < -0.4 is 5.32 Å². The van der Waals surface area contributed by atoms with Gasteiger partial charge in [0.1, 0.15) is 5.76 Å². The Labute approximate surface area is 122 Å². The Balaban J connectivity index is 1.97. The molecule has 1 aliphatic rings. The van der Waals surface area contributed by atoms with E-state index in [1.165, 1.54) is 25.9 Å². The zero-order valence-electron chi connectivity index (χ0n) is 13.0. The van der Waals surface area contributed by atoms with E-state index in [9.17, 15) is 0 Å². The molecule has 0 spiro atoms. The van der Waals surface area contributed by atoms with Crippen molar-refractivity contribution < 1.29 is 9.15 Å². The summed E-state index contributed by atoms with van der Waals surface area (Å²) in [5.41, 5.74) is 0. The van der Waals surface area contributed by atoms with Gasteiger partial charge in [-0.25, -0.2) is 0 Å². The molecular formula is C16H28N2O2. The topological polar surface area (TPSA) is 37.6 Å². The standard InChI is InChI=1S/C16H28N2O2/c1-13(2)14(12-19-3)17-11-15(16-7-6-10-20-16)18-8-4-5-9-18/h6-7,10,13-15,17H,4-5,8-9,11-12H2,1-3H3. The van der Waals surface area contributed by atoms with E-state index >= 15 is 0 Å². The van der Waals surface area contributed by atoms with E-state index in [2.05, 4.69) is 30.1 Å². The van der Waals surface area contributed by atoms with Crippen LogP contribution >= 0.6 is 0 Å². The minimum atomic E-state index is 0.339. The van der Waals surface area contributed by atoms with Gasteiger partial charge < -0.3 is 14.5 Å². The summed E-state index contributed by atoms with van der Waals surface area (Å²) in [6.45, 7) is 8.47. The monoisotopic (exact) mass is 280 g/mol. The highest BCUT2D eigenvalue weighted by molar-refractivity contribution is 5.06. The maximum absolute atomic E-state index is 5.65. The Bertz CT molecular complexity index is 359. The molecule has 4 heteroatoms. The molecule has 1 aromatic rings. The lowest BCUT2D eigenvalue weighted by atomic mass is 10.0. The second kappa shape index (κ2) is 7.81. The summed E-state index contributed by atoms with van der Waals surface area (Å²) in [6, 6.07) is 4.80. The molecule has 2 atom stereocenters. The Morgan fingerprint density at radius 1 is 1.35 bits per heavy atom. The predicted molar refractivity (Wildman–Crippen MR) is 80.8 cm³/mol. The Morgan fingerprint density at radius 2 is 2.10 bits per heavy atom. The van der Waals surface area contributed by atoms with Crippen LogP contribution in [0.25, 0.3) is 0 Å². The quantitative estimate of drug-likeness (QED) is 0.794. The van der Waals surface area contributed by atoms with Crippen molar-refractivity contribution in [3.63, 3.8) is 0 Å². The minimum Gasteiger partial charge on any atom is -0.468 e. The molecule has 1 N–H and O–H groups in total. The number of rotatable bonds is 8. The summed E-state index contributed by atoms with van der Waals surface area (Å²) in [5, 5.41) is 3.66. The molecule has 0 aromatic carbocycles. The van der Waals surface area contributed by atoms with Crippen LogP contribution in [0.5, 0.6) is 0 Å². The highest BCUT2D eigenvalue weighted by atomic mass is 16.5.